The number of ether oxygens (including phenoxy) is 1. The SMILES string of the molecule is CC(C)(C)OC(=O)N1CCCC(CNC(=O)C=Cc2ccco2)C1. The molecule has 2 rings (SSSR count). The topological polar surface area (TPSA) is 71.8 Å². The van der Waals surface area contributed by atoms with Crippen LogP contribution in [0, 0.1) is 5.92 Å². The molecule has 132 valence electrons. The Bertz CT molecular complexity index is 572. The van der Waals surface area contributed by atoms with Crippen LogP contribution in [-0.2, 0) is 9.53 Å². The van der Waals surface area contributed by atoms with Gasteiger partial charge in [-0.1, -0.05) is 0 Å². The Kier molecular flexibility index (Phi) is 6.06. The molecule has 6 nitrogen and oxygen atoms in total. The second kappa shape index (κ2) is 8.04. The Labute approximate surface area is 142 Å². The summed E-state index contributed by atoms with van der Waals surface area (Å²) in [6.07, 6.45) is 6.27. The number of amides is 2. The molecular weight excluding hydrogens is 308 g/mol. The van der Waals surface area contributed by atoms with Crippen molar-refractivity contribution in [2.75, 3.05) is 19.6 Å². The van der Waals surface area contributed by atoms with Crippen LogP contribution in [0.25, 0.3) is 6.08 Å². The molecule has 2 heterocycles. The molecule has 1 unspecified atom stereocenters. The fourth-order valence-electron chi connectivity index (χ4n) is 2.57. The van der Waals surface area contributed by atoms with Gasteiger partial charge >= 0.3 is 6.09 Å². The van der Waals surface area contributed by atoms with Crippen LogP contribution in [0.1, 0.15) is 39.4 Å². The Morgan fingerprint density at radius 2 is 2.25 bits per heavy atom. The van der Waals surface area contributed by atoms with Crippen LogP contribution in [0.5, 0.6) is 0 Å². The number of carbonyl (C=O) groups excluding carboxylic acids is 2. The highest BCUT2D eigenvalue weighted by atomic mass is 16.6. The number of hydrogen-bond donors (Lipinski definition) is 1. The molecule has 1 aliphatic rings. The van der Waals surface area contributed by atoms with Crippen LogP contribution in [0.2, 0.25) is 0 Å². The monoisotopic (exact) mass is 334 g/mol. The largest absolute Gasteiger partial charge is 0.465 e. The molecule has 1 atom stereocenters. The summed E-state index contributed by atoms with van der Waals surface area (Å²) in [5.41, 5.74) is -0.491. The number of rotatable bonds is 4. The van der Waals surface area contributed by atoms with Gasteiger partial charge in [0.05, 0.1) is 6.26 Å². The van der Waals surface area contributed by atoms with Crippen LogP contribution in [0.3, 0.4) is 0 Å². The van der Waals surface area contributed by atoms with Gasteiger partial charge in [0.2, 0.25) is 5.91 Å². The zero-order chi connectivity index (χ0) is 17.6. The molecule has 1 aliphatic heterocycles. The molecule has 0 aliphatic carbocycles. The molecule has 0 bridgehead atoms. The van der Waals surface area contributed by atoms with Crippen LogP contribution in [0.15, 0.2) is 28.9 Å². The first-order chi connectivity index (χ1) is 11.3. The maximum Gasteiger partial charge on any atom is 0.410 e. The molecule has 0 aromatic carbocycles. The molecule has 0 saturated carbocycles. The summed E-state index contributed by atoms with van der Waals surface area (Å²) in [4.78, 5) is 25.7. The van der Waals surface area contributed by atoms with Gasteiger partial charge in [0, 0.05) is 25.7 Å². The van der Waals surface area contributed by atoms with Gasteiger partial charge in [-0.2, -0.15) is 0 Å². The Balaban J connectivity index is 1.76. The highest BCUT2D eigenvalue weighted by Crippen LogP contribution is 2.18. The average Bonchev–Trinajstić information content (AvgIpc) is 3.03. The number of piperidine rings is 1. The lowest BCUT2D eigenvalue weighted by molar-refractivity contribution is -0.116. The van der Waals surface area contributed by atoms with Crippen molar-refractivity contribution in [1.82, 2.24) is 10.2 Å². The molecular formula is C18H26N2O4. The number of carbonyl (C=O) groups is 2. The summed E-state index contributed by atoms with van der Waals surface area (Å²) < 4.78 is 10.5. The van der Waals surface area contributed by atoms with E-state index in [0.717, 1.165) is 12.8 Å². The summed E-state index contributed by atoms with van der Waals surface area (Å²) in [6, 6.07) is 3.55. The van der Waals surface area contributed by atoms with E-state index in [1.165, 1.54) is 6.08 Å². The maximum atomic E-state index is 12.1. The molecule has 1 fully saturated rings. The van der Waals surface area contributed by atoms with Crippen molar-refractivity contribution in [3.63, 3.8) is 0 Å². The van der Waals surface area contributed by atoms with Crippen LogP contribution in [0.4, 0.5) is 4.79 Å². The quantitative estimate of drug-likeness (QED) is 0.859. The number of likely N-dealkylation sites (tertiary alicyclic amines) is 1. The van der Waals surface area contributed by atoms with E-state index in [0.29, 0.717) is 25.4 Å². The lowest BCUT2D eigenvalue weighted by Gasteiger charge is -2.34. The van der Waals surface area contributed by atoms with E-state index in [9.17, 15) is 9.59 Å². The van der Waals surface area contributed by atoms with Crippen LogP contribution < -0.4 is 5.32 Å². The van der Waals surface area contributed by atoms with Crippen LogP contribution in [-0.4, -0.2) is 42.1 Å². The molecule has 1 aromatic heterocycles. The van der Waals surface area contributed by atoms with Gasteiger partial charge in [0.15, 0.2) is 0 Å². The summed E-state index contributed by atoms with van der Waals surface area (Å²) in [6.45, 7) is 7.43. The van der Waals surface area contributed by atoms with Crippen molar-refractivity contribution in [3.05, 3.63) is 30.2 Å². The number of nitrogens with one attached hydrogen (secondary N) is 1. The highest BCUT2D eigenvalue weighted by Gasteiger charge is 2.27. The van der Waals surface area contributed by atoms with Gasteiger partial charge in [-0.05, 0) is 57.7 Å². The van der Waals surface area contributed by atoms with E-state index in [2.05, 4.69) is 5.32 Å². The predicted octanol–water partition coefficient (Wildman–Crippen LogP) is 3.06. The zero-order valence-electron chi connectivity index (χ0n) is 14.6. The van der Waals surface area contributed by atoms with Gasteiger partial charge < -0.3 is 19.4 Å². The Hall–Kier alpha value is -2.24. The van der Waals surface area contributed by atoms with E-state index < -0.39 is 5.60 Å². The van der Waals surface area contributed by atoms with Crippen molar-refractivity contribution in [2.45, 2.75) is 39.2 Å². The smallest absolute Gasteiger partial charge is 0.410 e. The van der Waals surface area contributed by atoms with E-state index in [4.69, 9.17) is 9.15 Å². The van der Waals surface area contributed by atoms with Crippen molar-refractivity contribution < 1.29 is 18.7 Å². The molecule has 1 saturated heterocycles. The normalized spacial score (nSPS) is 18.6. The first-order valence-corrected chi connectivity index (χ1v) is 8.31. The third kappa shape index (κ3) is 6.10. The van der Waals surface area contributed by atoms with Gasteiger partial charge in [-0.3, -0.25) is 4.79 Å². The molecule has 0 radical (unpaired) electrons. The average molecular weight is 334 g/mol. The van der Waals surface area contributed by atoms with E-state index in [-0.39, 0.29) is 17.9 Å². The maximum absolute atomic E-state index is 12.1. The Morgan fingerprint density at radius 1 is 1.46 bits per heavy atom. The van der Waals surface area contributed by atoms with Crippen molar-refractivity contribution >= 4 is 18.1 Å². The molecule has 2 amide bonds. The summed E-state index contributed by atoms with van der Waals surface area (Å²) >= 11 is 0. The molecule has 0 spiro atoms. The van der Waals surface area contributed by atoms with Gasteiger partial charge in [0.25, 0.3) is 0 Å². The van der Waals surface area contributed by atoms with E-state index >= 15 is 0 Å². The number of hydrogen-bond acceptors (Lipinski definition) is 4. The van der Waals surface area contributed by atoms with Crippen LogP contribution >= 0.6 is 0 Å². The third-order valence-corrected chi connectivity index (χ3v) is 3.68. The second-order valence-electron chi connectivity index (χ2n) is 7.03. The Morgan fingerprint density at radius 3 is 2.92 bits per heavy atom. The van der Waals surface area contributed by atoms with E-state index in [1.807, 2.05) is 20.8 Å². The summed E-state index contributed by atoms with van der Waals surface area (Å²) in [5.74, 6) is 0.715. The summed E-state index contributed by atoms with van der Waals surface area (Å²) in [7, 11) is 0. The fourth-order valence-corrected chi connectivity index (χ4v) is 2.57. The standard InChI is InChI=1S/C18H26N2O4/c1-18(2,3)24-17(22)20-10-4-6-14(13-20)12-19-16(21)9-8-15-7-5-11-23-15/h5,7-9,11,14H,4,6,10,12-13H2,1-3H3,(H,19,21). The zero-order valence-corrected chi connectivity index (χ0v) is 14.6. The number of nitrogens with zero attached hydrogens (tertiary/aromatic N) is 1. The minimum atomic E-state index is -0.491. The number of furan rings is 1. The first kappa shape index (κ1) is 18.1. The lowest BCUT2D eigenvalue weighted by Crippen LogP contribution is -2.45. The second-order valence-corrected chi connectivity index (χ2v) is 7.03. The minimum absolute atomic E-state index is 0.166. The molecule has 1 N–H and O–H groups in total. The van der Waals surface area contributed by atoms with Crippen molar-refractivity contribution in [3.8, 4) is 0 Å². The molecule has 1 aromatic rings. The van der Waals surface area contributed by atoms with Crippen molar-refractivity contribution in [1.29, 1.82) is 0 Å². The lowest BCUT2D eigenvalue weighted by atomic mass is 9.98. The summed E-state index contributed by atoms with van der Waals surface area (Å²) in [5, 5.41) is 2.88. The minimum Gasteiger partial charge on any atom is -0.465 e. The van der Waals surface area contributed by atoms with Gasteiger partial charge in [-0.25, -0.2) is 4.79 Å². The molecule has 6 heteroatoms. The van der Waals surface area contributed by atoms with Gasteiger partial charge in [-0.15, -0.1) is 0 Å². The first-order valence-electron chi connectivity index (χ1n) is 8.31. The van der Waals surface area contributed by atoms with Crippen molar-refractivity contribution in [2.24, 2.45) is 5.92 Å². The van der Waals surface area contributed by atoms with E-state index in [1.54, 1.807) is 29.4 Å². The third-order valence-electron chi connectivity index (χ3n) is 3.68. The van der Waals surface area contributed by atoms with Gasteiger partial charge in [0.1, 0.15) is 11.4 Å². The fraction of sp³-hybridized carbons (Fsp3) is 0.556. The predicted molar refractivity (Wildman–Crippen MR) is 91.3 cm³/mol. The highest BCUT2D eigenvalue weighted by molar-refractivity contribution is 5.91. The molecule has 24 heavy (non-hydrogen) atoms.